The van der Waals surface area contributed by atoms with Gasteiger partial charge in [-0.25, -0.2) is 0 Å². The van der Waals surface area contributed by atoms with E-state index in [1.807, 2.05) is 23.8 Å². The molecule has 3 aromatic rings. The van der Waals surface area contributed by atoms with Gasteiger partial charge < -0.3 is 14.0 Å². The van der Waals surface area contributed by atoms with Gasteiger partial charge in [-0.2, -0.15) is 21.6 Å². The summed E-state index contributed by atoms with van der Waals surface area (Å²) in [6.45, 7) is 2.48. The Morgan fingerprint density at radius 2 is 2.17 bits per heavy atom. The first-order chi connectivity index (χ1) is 11.3. The maximum Gasteiger partial charge on any atom is 0.264 e. The van der Waals surface area contributed by atoms with E-state index in [9.17, 15) is 0 Å². The second kappa shape index (κ2) is 6.94. The average molecular weight is 327 g/mol. The third-order valence-electron chi connectivity index (χ3n) is 2.97. The van der Waals surface area contributed by atoms with Gasteiger partial charge in [-0.15, -0.1) is 0 Å². The summed E-state index contributed by atoms with van der Waals surface area (Å²) in [6, 6.07) is 9.00. The molecule has 0 bridgehead atoms. The van der Waals surface area contributed by atoms with Crippen LogP contribution in [0.2, 0.25) is 0 Å². The Hall–Kier alpha value is -2.85. The van der Waals surface area contributed by atoms with Crippen LogP contribution in [0.25, 0.3) is 11.4 Å². The van der Waals surface area contributed by atoms with Crippen molar-refractivity contribution in [2.45, 2.75) is 13.5 Å². The summed E-state index contributed by atoms with van der Waals surface area (Å²) in [6.07, 6.45) is 0. The largest absolute Gasteiger partial charge is 0.490 e. The van der Waals surface area contributed by atoms with E-state index in [0.717, 1.165) is 5.56 Å². The first-order valence-electron chi connectivity index (χ1n) is 6.95. The first kappa shape index (κ1) is 15.1. The van der Waals surface area contributed by atoms with Crippen molar-refractivity contribution >= 4 is 11.3 Å². The number of nitriles is 1. The van der Waals surface area contributed by atoms with Crippen LogP contribution in [0, 0.1) is 11.3 Å². The molecule has 0 atom stereocenters. The van der Waals surface area contributed by atoms with E-state index in [1.54, 1.807) is 29.5 Å². The Balaban J connectivity index is 1.72. The van der Waals surface area contributed by atoms with Crippen LogP contribution in [-0.4, -0.2) is 16.7 Å². The van der Waals surface area contributed by atoms with Crippen LogP contribution in [0.1, 0.15) is 18.4 Å². The van der Waals surface area contributed by atoms with E-state index in [1.165, 1.54) is 0 Å². The predicted octanol–water partition coefficient (Wildman–Crippen LogP) is 3.65. The van der Waals surface area contributed by atoms with E-state index in [4.69, 9.17) is 19.3 Å². The number of hydrogen-bond donors (Lipinski definition) is 0. The lowest BCUT2D eigenvalue weighted by Crippen LogP contribution is -2.00. The molecule has 6 nitrogen and oxygen atoms in total. The van der Waals surface area contributed by atoms with Gasteiger partial charge in [-0.1, -0.05) is 5.16 Å². The molecule has 0 aliphatic rings. The molecule has 0 fully saturated rings. The molecular weight excluding hydrogens is 314 g/mol. The quantitative estimate of drug-likeness (QED) is 0.687. The number of hydrogen-bond acceptors (Lipinski definition) is 7. The van der Waals surface area contributed by atoms with Crippen molar-refractivity contribution in [3.05, 3.63) is 46.5 Å². The third-order valence-corrected chi connectivity index (χ3v) is 3.65. The number of benzene rings is 1. The molecule has 7 heteroatoms. The van der Waals surface area contributed by atoms with Crippen molar-refractivity contribution in [1.82, 2.24) is 10.1 Å². The lowest BCUT2D eigenvalue weighted by molar-refractivity contribution is 0.228. The molecule has 0 saturated heterocycles. The number of ether oxygens (including phenoxy) is 2. The topological polar surface area (TPSA) is 81.2 Å². The van der Waals surface area contributed by atoms with E-state index in [0.29, 0.717) is 35.4 Å². The van der Waals surface area contributed by atoms with E-state index in [2.05, 4.69) is 16.2 Å². The Bertz CT molecular complexity index is 821. The highest BCUT2D eigenvalue weighted by Crippen LogP contribution is 2.29. The van der Waals surface area contributed by atoms with Crippen LogP contribution < -0.4 is 9.47 Å². The fourth-order valence-electron chi connectivity index (χ4n) is 1.93. The standard InChI is InChI=1S/C16H13N3O3S/c1-2-20-14-7-11(8-17)3-4-13(14)21-9-15-18-16(19-22-15)12-5-6-23-10-12/h3-7,10H,2,9H2,1H3. The Kier molecular flexibility index (Phi) is 4.54. The van der Waals surface area contributed by atoms with E-state index >= 15 is 0 Å². The summed E-state index contributed by atoms with van der Waals surface area (Å²) in [4.78, 5) is 4.29. The van der Waals surface area contributed by atoms with Gasteiger partial charge in [0.2, 0.25) is 5.82 Å². The second-order valence-corrected chi connectivity index (χ2v) is 5.30. The van der Waals surface area contributed by atoms with Crippen molar-refractivity contribution in [2.75, 3.05) is 6.61 Å². The van der Waals surface area contributed by atoms with Crippen LogP contribution in [-0.2, 0) is 6.61 Å². The molecule has 0 amide bonds. The summed E-state index contributed by atoms with van der Waals surface area (Å²) >= 11 is 1.57. The fourth-order valence-corrected chi connectivity index (χ4v) is 2.56. The van der Waals surface area contributed by atoms with Crippen LogP contribution >= 0.6 is 11.3 Å². The molecular formula is C16H13N3O3S. The highest BCUT2D eigenvalue weighted by atomic mass is 32.1. The van der Waals surface area contributed by atoms with Gasteiger partial charge in [0.25, 0.3) is 5.89 Å². The Labute approximate surface area is 136 Å². The van der Waals surface area contributed by atoms with Gasteiger partial charge >= 0.3 is 0 Å². The van der Waals surface area contributed by atoms with Crippen molar-refractivity contribution in [3.63, 3.8) is 0 Å². The minimum Gasteiger partial charge on any atom is -0.490 e. The molecule has 3 rings (SSSR count). The third kappa shape index (κ3) is 3.49. The molecule has 2 heterocycles. The van der Waals surface area contributed by atoms with Gasteiger partial charge in [0, 0.05) is 17.0 Å². The SMILES string of the molecule is CCOc1cc(C#N)ccc1OCc1nc(-c2ccsc2)no1. The highest BCUT2D eigenvalue weighted by Gasteiger charge is 2.12. The Morgan fingerprint density at radius 3 is 2.91 bits per heavy atom. The fraction of sp³-hybridized carbons (Fsp3) is 0.188. The van der Waals surface area contributed by atoms with Crippen LogP contribution in [0.3, 0.4) is 0 Å². The average Bonchev–Trinajstić information content (AvgIpc) is 3.25. The summed E-state index contributed by atoms with van der Waals surface area (Å²) < 4.78 is 16.3. The zero-order valence-corrected chi connectivity index (χ0v) is 13.2. The van der Waals surface area contributed by atoms with Crippen molar-refractivity contribution in [1.29, 1.82) is 5.26 Å². The van der Waals surface area contributed by atoms with Crippen LogP contribution in [0.5, 0.6) is 11.5 Å². The molecule has 0 aliphatic carbocycles. The van der Waals surface area contributed by atoms with Crippen molar-refractivity contribution < 1.29 is 14.0 Å². The molecule has 116 valence electrons. The van der Waals surface area contributed by atoms with Gasteiger partial charge in [0.05, 0.1) is 18.2 Å². The zero-order valence-electron chi connectivity index (χ0n) is 12.4. The van der Waals surface area contributed by atoms with E-state index in [-0.39, 0.29) is 6.61 Å². The molecule has 0 aliphatic heterocycles. The predicted molar refractivity (Wildman–Crippen MR) is 84.3 cm³/mol. The summed E-state index contributed by atoms with van der Waals surface area (Å²) in [5, 5.41) is 16.8. The summed E-state index contributed by atoms with van der Waals surface area (Å²) in [7, 11) is 0. The summed E-state index contributed by atoms with van der Waals surface area (Å²) in [5.74, 6) is 1.96. The van der Waals surface area contributed by atoms with Gasteiger partial charge in [-0.3, -0.25) is 0 Å². The van der Waals surface area contributed by atoms with Gasteiger partial charge in [0.15, 0.2) is 18.1 Å². The van der Waals surface area contributed by atoms with Gasteiger partial charge in [0.1, 0.15) is 0 Å². The zero-order chi connectivity index (χ0) is 16.1. The second-order valence-electron chi connectivity index (χ2n) is 4.52. The maximum absolute atomic E-state index is 8.94. The van der Waals surface area contributed by atoms with Gasteiger partial charge in [-0.05, 0) is 30.5 Å². The maximum atomic E-state index is 8.94. The number of nitrogens with zero attached hydrogens (tertiary/aromatic N) is 3. The molecule has 1 aromatic carbocycles. The van der Waals surface area contributed by atoms with E-state index < -0.39 is 0 Å². The molecule has 0 spiro atoms. The first-order valence-corrected chi connectivity index (χ1v) is 7.89. The van der Waals surface area contributed by atoms with Crippen LogP contribution in [0.4, 0.5) is 0 Å². The number of rotatable bonds is 6. The molecule has 0 unspecified atom stereocenters. The monoisotopic (exact) mass is 327 g/mol. The smallest absolute Gasteiger partial charge is 0.264 e. The van der Waals surface area contributed by atoms with Crippen molar-refractivity contribution in [2.24, 2.45) is 0 Å². The molecule has 0 saturated carbocycles. The Morgan fingerprint density at radius 1 is 1.26 bits per heavy atom. The summed E-state index contributed by atoms with van der Waals surface area (Å²) in [5.41, 5.74) is 1.43. The number of thiophene rings is 1. The minimum atomic E-state index is 0.128. The lowest BCUT2D eigenvalue weighted by atomic mass is 10.2. The lowest BCUT2D eigenvalue weighted by Gasteiger charge is -2.10. The molecule has 0 N–H and O–H groups in total. The van der Waals surface area contributed by atoms with Crippen LogP contribution in [0.15, 0.2) is 39.5 Å². The van der Waals surface area contributed by atoms with Crippen molar-refractivity contribution in [3.8, 4) is 29.0 Å². The minimum absolute atomic E-state index is 0.128. The normalized spacial score (nSPS) is 10.3. The number of aromatic nitrogens is 2. The molecule has 2 aromatic heterocycles. The highest BCUT2D eigenvalue weighted by molar-refractivity contribution is 7.08. The molecule has 0 radical (unpaired) electrons. The molecule has 23 heavy (non-hydrogen) atoms.